The Balaban J connectivity index is 1.10. The first-order valence-corrected chi connectivity index (χ1v) is 19.4. The largest absolute Gasteiger partial charge is 0.465 e. The van der Waals surface area contributed by atoms with Crippen molar-refractivity contribution in [2.45, 2.75) is 76.6 Å². The van der Waals surface area contributed by atoms with Gasteiger partial charge in [-0.3, -0.25) is 34.7 Å². The first-order valence-electron chi connectivity index (χ1n) is 19.4. The van der Waals surface area contributed by atoms with E-state index in [4.69, 9.17) is 9.47 Å². The molecule has 5 heterocycles. The number of aromatic nitrogens is 5. The normalized spacial score (nSPS) is 18.5. The fraction of sp³-hybridized carbons (Fsp3) is 0.550. The third-order valence-electron chi connectivity index (χ3n) is 11.3. The number of amides is 1. The predicted octanol–water partition coefficient (Wildman–Crippen LogP) is 6.28. The van der Waals surface area contributed by atoms with E-state index in [9.17, 15) is 22.8 Å². The second-order valence-electron chi connectivity index (χ2n) is 15.6. The summed E-state index contributed by atoms with van der Waals surface area (Å²) in [5, 5.41) is 2.80. The number of carbonyl (C=O) groups is 2. The number of nitrogens with one attached hydrogen (secondary N) is 2. The molecule has 0 bridgehead atoms. The number of halogens is 3. The number of esters is 1. The van der Waals surface area contributed by atoms with Gasteiger partial charge >= 0.3 is 12.1 Å². The van der Waals surface area contributed by atoms with E-state index in [1.165, 1.54) is 6.20 Å². The third-order valence-corrected chi connectivity index (χ3v) is 11.3. The van der Waals surface area contributed by atoms with Crippen LogP contribution in [0.3, 0.4) is 0 Å². The average molecular weight is 778 g/mol. The van der Waals surface area contributed by atoms with Crippen LogP contribution in [0.2, 0.25) is 0 Å². The molecule has 2 N–H and O–H groups in total. The van der Waals surface area contributed by atoms with Crippen LogP contribution >= 0.6 is 0 Å². The first kappa shape index (κ1) is 39.6. The van der Waals surface area contributed by atoms with E-state index in [0.717, 1.165) is 56.8 Å². The van der Waals surface area contributed by atoms with Crippen molar-refractivity contribution in [3.05, 3.63) is 59.2 Å². The maximum absolute atomic E-state index is 14.2. The number of carbonyl (C=O) groups excluding carboxylic acids is 2. The van der Waals surface area contributed by atoms with Crippen LogP contribution in [-0.4, -0.2) is 113 Å². The number of alkyl halides is 3. The summed E-state index contributed by atoms with van der Waals surface area (Å²) in [7, 11) is 5.58. The van der Waals surface area contributed by atoms with Gasteiger partial charge < -0.3 is 19.4 Å². The molecule has 56 heavy (non-hydrogen) atoms. The smallest absolute Gasteiger partial charge is 0.418 e. The molecule has 0 radical (unpaired) electrons. The van der Waals surface area contributed by atoms with Gasteiger partial charge in [-0.1, -0.05) is 18.9 Å². The molecule has 2 saturated carbocycles. The van der Waals surface area contributed by atoms with E-state index in [0.29, 0.717) is 56.0 Å². The topological polar surface area (TPSA) is 142 Å². The van der Waals surface area contributed by atoms with Crippen molar-refractivity contribution in [3.63, 3.8) is 0 Å². The van der Waals surface area contributed by atoms with Gasteiger partial charge in [0.25, 0.3) is 5.91 Å². The van der Waals surface area contributed by atoms with E-state index in [-0.39, 0.29) is 58.4 Å². The number of likely N-dealkylation sites (N-methyl/N-ethyl adjacent to an activating group) is 1. The monoisotopic (exact) mass is 777 g/mol. The van der Waals surface area contributed by atoms with Gasteiger partial charge in [0.05, 0.1) is 42.4 Å². The van der Waals surface area contributed by atoms with Crippen LogP contribution in [-0.2, 0) is 27.0 Å². The van der Waals surface area contributed by atoms with Crippen LogP contribution < -0.4 is 10.2 Å². The van der Waals surface area contributed by atoms with Crippen molar-refractivity contribution >= 4 is 34.7 Å². The lowest BCUT2D eigenvalue weighted by Gasteiger charge is -2.34. The number of pyridine rings is 3. The molecule has 0 unspecified atom stereocenters. The van der Waals surface area contributed by atoms with Gasteiger partial charge in [0.1, 0.15) is 11.2 Å². The maximum atomic E-state index is 14.2. The Kier molecular flexibility index (Phi) is 11.6. The lowest BCUT2D eigenvalue weighted by atomic mass is 9.86. The molecule has 3 fully saturated rings. The molecule has 300 valence electrons. The number of H-pyrrole nitrogens is 1. The number of fused-ring (bicyclic) bond motifs is 1. The van der Waals surface area contributed by atoms with Crippen molar-refractivity contribution in [2.24, 2.45) is 5.41 Å². The lowest BCUT2D eigenvalue weighted by Crippen LogP contribution is -2.38. The van der Waals surface area contributed by atoms with Crippen molar-refractivity contribution in [1.29, 1.82) is 0 Å². The fourth-order valence-electron chi connectivity index (χ4n) is 8.31. The minimum absolute atomic E-state index is 0.0779. The first-order chi connectivity index (χ1) is 26.8. The molecule has 1 aliphatic heterocycles. The Labute approximate surface area is 324 Å². The number of ether oxygens (including phenoxy) is 2. The summed E-state index contributed by atoms with van der Waals surface area (Å²) in [6.45, 7) is 5.97. The molecule has 4 aromatic heterocycles. The maximum Gasteiger partial charge on any atom is 0.418 e. The van der Waals surface area contributed by atoms with E-state index in [1.54, 1.807) is 32.4 Å². The molecule has 7 rings (SSSR count). The summed E-state index contributed by atoms with van der Waals surface area (Å²) >= 11 is 0. The standard InChI is InChI=1S/C40H50F3N9O4/c1-5-56-33(53)22-50(2)28-12-15-52(21-28)20-25-8-11-30(44-18-25)37(54)49-38-47-35-32(51(3)23-39(24-55-4)13-6-7-14-39)17-31(46-36(35)48-38)27-16-29(40(41,42)43)34(45-19-27)26-9-10-26/h8,11,16-19,26,28H,5-7,9-10,12-15,20-24H2,1-4H3,(H2,46,47,48,49,54)/t28-/m0/s1. The number of likely N-dealkylation sites (tertiary alicyclic amines) is 1. The highest BCUT2D eigenvalue weighted by molar-refractivity contribution is 6.03. The number of rotatable bonds is 15. The molecular weight excluding hydrogens is 727 g/mol. The lowest BCUT2D eigenvalue weighted by molar-refractivity contribution is -0.144. The Bertz CT molecular complexity index is 2030. The van der Waals surface area contributed by atoms with Gasteiger partial charge in [-0.05, 0) is 69.8 Å². The molecule has 1 saturated heterocycles. The highest BCUT2D eigenvalue weighted by atomic mass is 19.4. The van der Waals surface area contributed by atoms with E-state index >= 15 is 0 Å². The van der Waals surface area contributed by atoms with E-state index in [1.807, 2.05) is 25.1 Å². The number of aromatic amines is 1. The van der Waals surface area contributed by atoms with Gasteiger partial charge in [0.15, 0.2) is 5.65 Å². The average Bonchev–Trinajstić information content (AvgIpc) is 3.50. The van der Waals surface area contributed by atoms with Gasteiger partial charge in [0, 0.05) is 75.7 Å². The summed E-state index contributed by atoms with van der Waals surface area (Å²) in [4.78, 5) is 53.0. The fourth-order valence-corrected chi connectivity index (χ4v) is 8.31. The molecule has 2 aliphatic carbocycles. The Morgan fingerprint density at radius 3 is 2.54 bits per heavy atom. The zero-order valence-electron chi connectivity index (χ0n) is 32.4. The molecule has 4 aromatic rings. The van der Waals surface area contributed by atoms with Crippen molar-refractivity contribution in [2.75, 3.05) is 70.8 Å². The minimum atomic E-state index is -4.56. The molecule has 3 aliphatic rings. The number of imidazole rings is 1. The minimum Gasteiger partial charge on any atom is -0.465 e. The quantitative estimate of drug-likeness (QED) is 0.132. The van der Waals surface area contributed by atoms with Gasteiger partial charge in [0.2, 0.25) is 5.95 Å². The summed E-state index contributed by atoms with van der Waals surface area (Å²) in [5.41, 5.74) is 2.39. The van der Waals surface area contributed by atoms with Gasteiger partial charge in [-0.2, -0.15) is 18.2 Å². The van der Waals surface area contributed by atoms with Crippen LogP contribution in [0.1, 0.15) is 85.1 Å². The number of hydrogen-bond donors (Lipinski definition) is 2. The Hall–Kier alpha value is -4.67. The SMILES string of the molecule is CCOC(=O)CN(C)[C@H]1CCN(Cc2ccc(C(=O)Nc3nc4nc(-c5cnc(C6CC6)c(C(F)(F)F)c5)cc(N(C)CC5(COC)CCCC5)c4[nH]3)nc2)C1. The van der Waals surface area contributed by atoms with Crippen LogP contribution in [0.25, 0.3) is 22.4 Å². The molecule has 16 heteroatoms. The summed E-state index contributed by atoms with van der Waals surface area (Å²) in [6.07, 6.45) is 5.08. The highest BCUT2D eigenvalue weighted by Gasteiger charge is 2.40. The number of anilines is 2. The van der Waals surface area contributed by atoms with Crippen molar-refractivity contribution in [3.8, 4) is 11.3 Å². The van der Waals surface area contributed by atoms with Crippen LogP contribution in [0.15, 0.2) is 36.7 Å². The second-order valence-corrected chi connectivity index (χ2v) is 15.6. The predicted molar refractivity (Wildman–Crippen MR) is 205 cm³/mol. The Morgan fingerprint density at radius 1 is 1.07 bits per heavy atom. The molecule has 0 aromatic carbocycles. The molecule has 1 atom stereocenters. The highest BCUT2D eigenvalue weighted by Crippen LogP contribution is 2.46. The zero-order chi connectivity index (χ0) is 39.6. The van der Waals surface area contributed by atoms with Gasteiger partial charge in [-0.25, -0.2) is 4.98 Å². The van der Waals surface area contributed by atoms with E-state index < -0.39 is 17.6 Å². The van der Waals surface area contributed by atoms with Crippen molar-refractivity contribution in [1.82, 2.24) is 34.7 Å². The zero-order valence-corrected chi connectivity index (χ0v) is 32.4. The van der Waals surface area contributed by atoms with Crippen LogP contribution in [0.4, 0.5) is 24.8 Å². The van der Waals surface area contributed by atoms with Gasteiger partial charge in [-0.15, -0.1) is 0 Å². The van der Waals surface area contributed by atoms with Crippen LogP contribution in [0.5, 0.6) is 0 Å². The van der Waals surface area contributed by atoms with Crippen molar-refractivity contribution < 1.29 is 32.2 Å². The Morgan fingerprint density at radius 2 is 1.86 bits per heavy atom. The summed E-state index contributed by atoms with van der Waals surface area (Å²) in [5.74, 6) is -0.754. The number of nitrogens with zero attached hydrogens (tertiary/aromatic N) is 7. The van der Waals surface area contributed by atoms with Crippen LogP contribution in [0, 0.1) is 5.41 Å². The molecular formula is C40H50F3N9O4. The number of hydrogen-bond acceptors (Lipinski definition) is 11. The molecule has 0 spiro atoms. The third kappa shape index (κ3) is 8.97. The molecule has 1 amide bonds. The number of methoxy groups -OCH3 is 1. The second kappa shape index (κ2) is 16.4. The van der Waals surface area contributed by atoms with E-state index in [2.05, 4.69) is 40.0 Å². The molecule has 13 nitrogen and oxygen atoms in total. The summed E-state index contributed by atoms with van der Waals surface area (Å²) < 4.78 is 53.5. The summed E-state index contributed by atoms with van der Waals surface area (Å²) in [6, 6.07) is 6.67.